The molecule has 2 rings (SSSR count). The van der Waals surface area contributed by atoms with E-state index in [1.807, 2.05) is 18.2 Å². The van der Waals surface area contributed by atoms with Gasteiger partial charge < -0.3 is 5.32 Å². The Labute approximate surface area is 110 Å². The van der Waals surface area contributed by atoms with Crippen LogP contribution >= 0.6 is 11.6 Å². The molecule has 0 aliphatic heterocycles. The highest BCUT2D eigenvalue weighted by atomic mass is 35.5. The molecule has 0 atom stereocenters. The summed E-state index contributed by atoms with van der Waals surface area (Å²) in [6.07, 6.45) is 6.35. The molecule has 0 fully saturated rings. The number of aromatic nitrogens is 1. The van der Waals surface area contributed by atoms with Crippen LogP contribution in [-0.2, 0) is 4.79 Å². The molecule has 1 aromatic carbocycles. The van der Waals surface area contributed by atoms with Gasteiger partial charge in [-0.25, -0.2) is 0 Å². The molecule has 0 saturated carbocycles. The molecule has 0 spiro atoms. The number of pyridine rings is 1. The second-order valence-corrected chi connectivity index (χ2v) is 3.99. The molecule has 1 aromatic heterocycles. The Hall–Kier alpha value is -2.13. The van der Waals surface area contributed by atoms with Crippen LogP contribution in [0.15, 0.2) is 54.9 Å². The van der Waals surface area contributed by atoms with Gasteiger partial charge in [-0.05, 0) is 29.8 Å². The molecule has 90 valence electrons. The second-order valence-electron chi connectivity index (χ2n) is 3.59. The number of carbonyl (C=O) groups excluding carboxylic acids is 1. The number of anilines is 1. The van der Waals surface area contributed by atoms with E-state index in [1.165, 1.54) is 6.08 Å². The van der Waals surface area contributed by atoms with E-state index < -0.39 is 0 Å². The Kier molecular flexibility index (Phi) is 4.10. The van der Waals surface area contributed by atoms with Crippen molar-refractivity contribution in [2.24, 2.45) is 0 Å². The molecule has 1 amide bonds. The van der Waals surface area contributed by atoms with E-state index in [-0.39, 0.29) is 5.91 Å². The van der Waals surface area contributed by atoms with Gasteiger partial charge in [-0.1, -0.05) is 29.8 Å². The lowest BCUT2D eigenvalue weighted by Gasteiger charge is -2.00. The maximum Gasteiger partial charge on any atom is 0.248 e. The lowest BCUT2D eigenvalue weighted by atomic mass is 10.2. The number of halogens is 1. The van der Waals surface area contributed by atoms with Gasteiger partial charge >= 0.3 is 0 Å². The van der Waals surface area contributed by atoms with E-state index in [1.54, 1.807) is 36.7 Å². The lowest BCUT2D eigenvalue weighted by molar-refractivity contribution is -0.111. The van der Waals surface area contributed by atoms with Crippen LogP contribution in [0.3, 0.4) is 0 Å². The zero-order valence-electron chi connectivity index (χ0n) is 9.51. The summed E-state index contributed by atoms with van der Waals surface area (Å²) in [5.74, 6) is -0.220. The first kappa shape index (κ1) is 12.3. The summed E-state index contributed by atoms with van der Waals surface area (Å²) in [5.41, 5.74) is 1.46. The number of benzene rings is 1. The Morgan fingerprint density at radius 3 is 2.78 bits per heavy atom. The minimum absolute atomic E-state index is 0.220. The fourth-order valence-corrected chi connectivity index (χ4v) is 1.60. The number of nitrogens with zero attached hydrogens (tertiary/aromatic N) is 1. The van der Waals surface area contributed by atoms with Gasteiger partial charge in [-0.3, -0.25) is 9.78 Å². The summed E-state index contributed by atoms with van der Waals surface area (Å²) in [6, 6.07) is 10.9. The largest absolute Gasteiger partial charge is 0.321 e. The van der Waals surface area contributed by atoms with Crippen molar-refractivity contribution in [1.29, 1.82) is 0 Å². The maximum absolute atomic E-state index is 11.6. The van der Waals surface area contributed by atoms with Crippen molar-refractivity contribution in [1.82, 2.24) is 4.98 Å². The maximum atomic E-state index is 11.6. The molecule has 2 aromatic rings. The Balaban J connectivity index is 2.02. The van der Waals surface area contributed by atoms with Crippen LogP contribution in [0.4, 0.5) is 5.69 Å². The van der Waals surface area contributed by atoms with Crippen LogP contribution in [-0.4, -0.2) is 10.9 Å². The molecule has 0 aliphatic carbocycles. The van der Waals surface area contributed by atoms with Crippen molar-refractivity contribution in [2.75, 3.05) is 5.32 Å². The lowest BCUT2D eigenvalue weighted by Crippen LogP contribution is -2.07. The van der Waals surface area contributed by atoms with Gasteiger partial charge in [0.05, 0.1) is 11.9 Å². The molecule has 0 saturated heterocycles. The average Bonchev–Trinajstić information content (AvgIpc) is 2.39. The monoisotopic (exact) mass is 258 g/mol. The first-order valence-electron chi connectivity index (χ1n) is 5.39. The number of rotatable bonds is 3. The summed E-state index contributed by atoms with van der Waals surface area (Å²) in [5, 5.41) is 3.31. The molecule has 0 bridgehead atoms. The SMILES string of the molecule is O=C(/C=C\c1ccccc1Cl)Nc1cccnc1. The smallest absolute Gasteiger partial charge is 0.248 e. The van der Waals surface area contributed by atoms with Crippen LogP contribution in [0.25, 0.3) is 6.08 Å². The molecule has 1 N–H and O–H groups in total. The predicted molar refractivity (Wildman–Crippen MR) is 73.4 cm³/mol. The van der Waals surface area contributed by atoms with E-state index in [0.717, 1.165) is 5.56 Å². The minimum Gasteiger partial charge on any atom is -0.321 e. The van der Waals surface area contributed by atoms with Gasteiger partial charge in [0.25, 0.3) is 0 Å². The highest BCUT2D eigenvalue weighted by Gasteiger charge is 1.98. The summed E-state index contributed by atoms with van der Waals surface area (Å²) in [7, 11) is 0. The van der Waals surface area contributed by atoms with Gasteiger partial charge in [0.15, 0.2) is 0 Å². The van der Waals surface area contributed by atoms with E-state index >= 15 is 0 Å². The summed E-state index contributed by atoms with van der Waals surface area (Å²) in [4.78, 5) is 15.5. The van der Waals surface area contributed by atoms with Gasteiger partial charge in [-0.15, -0.1) is 0 Å². The van der Waals surface area contributed by atoms with Crippen molar-refractivity contribution >= 4 is 29.3 Å². The number of carbonyl (C=O) groups is 1. The van der Waals surface area contributed by atoms with E-state index in [0.29, 0.717) is 10.7 Å². The molecule has 0 aliphatic rings. The summed E-state index contributed by atoms with van der Waals surface area (Å²) in [6.45, 7) is 0. The van der Waals surface area contributed by atoms with Crippen LogP contribution in [0, 0.1) is 0 Å². The molecular weight excluding hydrogens is 248 g/mol. The third-order valence-corrected chi connectivity index (χ3v) is 2.59. The molecule has 4 heteroatoms. The molecule has 0 radical (unpaired) electrons. The van der Waals surface area contributed by atoms with Gasteiger partial charge in [0, 0.05) is 17.3 Å². The van der Waals surface area contributed by atoms with Gasteiger partial charge in [0.2, 0.25) is 5.91 Å². The third-order valence-electron chi connectivity index (χ3n) is 2.25. The molecule has 3 nitrogen and oxygen atoms in total. The fraction of sp³-hybridized carbons (Fsp3) is 0. The van der Waals surface area contributed by atoms with Crippen LogP contribution < -0.4 is 5.32 Å². The topological polar surface area (TPSA) is 42.0 Å². The Bertz CT molecular complexity index is 567. The third kappa shape index (κ3) is 3.43. The highest BCUT2D eigenvalue weighted by Crippen LogP contribution is 2.16. The van der Waals surface area contributed by atoms with Gasteiger partial charge in [-0.2, -0.15) is 0 Å². The molecule has 0 unspecified atom stereocenters. The number of hydrogen-bond donors (Lipinski definition) is 1. The number of amides is 1. The van der Waals surface area contributed by atoms with Crippen LogP contribution in [0.1, 0.15) is 5.56 Å². The predicted octanol–water partition coefficient (Wildman–Crippen LogP) is 3.39. The van der Waals surface area contributed by atoms with Crippen molar-refractivity contribution < 1.29 is 4.79 Å². The normalized spacial score (nSPS) is 10.5. The zero-order valence-corrected chi connectivity index (χ0v) is 10.3. The van der Waals surface area contributed by atoms with Crippen molar-refractivity contribution in [3.05, 3.63) is 65.5 Å². The highest BCUT2D eigenvalue weighted by molar-refractivity contribution is 6.32. The van der Waals surface area contributed by atoms with E-state index in [2.05, 4.69) is 10.3 Å². The molecular formula is C14H11ClN2O. The average molecular weight is 259 g/mol. The number of hydrogen-bond acceptors (Lipinski definition) is 2. The van der Waals surface area contributed by atoms with Crippen molar-refractivity contribution in [2.45, 2.75) is 0 Å². The summed E-state index contributed by atoms with van der Waals surface area (Å²) < 4.78 is 0. The van der Waals surface area contributed by atoms with E-state index in [4.69, 9.17) is 11.6 Å². The Morgan fingerprint density at radius 2 is 2.06 bits per heavy atom. The van der Waals surface area contributed by atoms with Crippen LogP contribution in [0.5, 0.6) is 0 Å². The standard InChI is InChI=1S/C14H11ClN2O/c15-13-6-2-1-4-11(13)7-8-14(18)17-12-5-3-9-16-10-12/h1-10H,(H,17,18)/b8-7-. The second kappa shape index (κ2) is 5.98. The zero-order chi connectivity index (χ0) is 12.8. The number of nitrogens with one attached hydrogen (secondary N) is 1. The first-order chi connectivity index (χ1) is 8.75. The first-order valence-corrected chi connectivity index (χ1v) is 5.77. The van der Waals surface area contributed by atoms with E-state index in [9.17, 15) is 4.79 Å². The van der Waals surface area contributed by atoms with Gasteiger partial charge in [0.1, 0.15) is 0 Å². The van der Waals surface area contributed by atoms with Crippen molar-refractivity contribution in [3.63, 3.8) is 0 Å². The Morgan fingerprint density at radius 1 is 1.22 bits per heavy atom. The fourth-order valence-electron chi connectivity index (χ4n) is 1.40. The minimum atomic E-state index is -0.220. The van der Waals surface area contributed by atoms with Crippen molar-refractivity contribution in [3.8, 4) is 0 Å². The van der Waals surface area contributed by atoms with Crippen LogP contribution in [0.2, 0.25) is 5.02 Å². The molecule has 18 heavy (non-hydrogen) atoms. The quantitative estimate of drug-likeness (QED) is 0.858. The molecule has 1 heterocycles. The summed E-state index contributed by atoms with van der Waals surface area (Å²) >= 11 is 5.97.